The van der Waals surface area contributed by atoms with Gasteiger partial charge < -0.3 is 9.84 Å². The lowest BCUT2D eigenvalue weighted by atomic mass is 9.95. The highest BCUT2D eigenvalue weighted by Gasteiger charge is 2.36. The maximum atomic E-state index is 12.0. The molecule has 0 radical (unpaired) electrons. The van der Waals surface area contributed by atoms with Gasteiger partial charge in [0.25, 0.3) is 0 Å². The average molecular weight is 263 g/mol. The summed E-state index contributed by atoms with van der Waals surface area (Å²) in [5.74, 6) is 0.572. The fourth-order valence-corrected chi connectivity index (χ4v) is 3.75. The monoisotopic (exact) mass is 263 g/mol. The van der Waals surface area contributed by atoms with Crippen LogP contribution < -0.4 is 0 Å². The Bertz CT molecular complexity index is 358. The third kappa shape index (κ3) is 3.64. The molecule has 0 spiro atoms. The van der Waals surface area contributed by atoms with Gasteiger partial charge in [-0.15, -0.1) is 0 Å². The highest BCUT2D eigenvalue weighted by molar-refractivity contribution is 7.89. The Morgan fingerprint density at radius 1 is 1.35 bits per heavy atom. The zero-order chi connectivity index (χ0) is 12.5. The van der Waals surface area contributed by atoms with E-state index in [1.54, 1.807) is 7.05 Å². The molecule has 1 aliphatic heterocycles. The van der Waals surface area contributed by atoms with Gasteiger partial charge in [-0.1, -0.05) is 0 Å². The largest absolute Gasteiger partial charge is 0.388 e. The Morgan fingerprint density at radius 3 is 2.47 bits per heavy atom. The van der Waals surface area contributed by atoms with E-state index in [0.29, 0.717) is 32.0 Å². The van der Waals surface area contributed by atoms with Crippen LogP contribution in [0, 0.1) is 5.92 Å². The van der Waals surface area contributed by atoms with Gasteiger partial charge in [-0.25, -0.2) is 12.7 Å². The van der Waals surface area contributed by atoms with Gasteiger partial charge in [-0.3, -0.25) is 0 Å². The highest BCUT2D eigenvalue weighted by Crippen LogP contribution is 2.31. The van der Waals surface area contributed by atoms with Crippen molar-refractivity contribution in [1.82, 2.24) is 4.31 Å². The van der Waals surface area contributed by atoms with Crippen LogP contribution in [0.25, 0.3) is 0 Å². The van der Waals surface area contributed by atoms with E-state index in [0.717, 1.165) is 12.8 Å². The molecule has 100 valence electrons. The summed E-state index contributed by atoms with van der Waals surface area (Å²) < 4.78 is 30.5. The number of aliphatic hydroxyl groups is 1. The van der Waals surface area contributed by atoms with Crippen molar-refractivity contribution in [2.45, 2.75) is 31.3 Å². The van der Waals surface area contributed by atoms with Crippen LogP contribution in [0.5, 0.6) is 0 Å². The summed E-state index contributed by atoms with van der Waals surface area (Å²) in [6, 6.07) is 0. The van der Waals surface area contributed by atoms with Crippen molar-refractivity contribution in [3.05, 3.63) is 0 Å². The summed E-state index contributed by atoms with van der Waals surface area (Å²) in [4.78, 5) is 0. The van der Waals surface area contributed by atoms with Crippen LogP contribution in [-0.4, -0.2) is 56.0 Å². The van der Waals surface area contributed by atoms with Gasteiger partial charge in [-0.05, 0) is 18.8 Å². The van der Waals surface area contributed by atoms with Gasteiger partial charge in [-0.2, -0.15) is 0 Å². The molecule has 0 unspecified atom stereocenters. The van der Waals surface area contributed by atoms with Crippen LogP contribution >= 0.6 is 0 Å². The van der Waals surface area contributed by atoms with Crippen LogP contribution in [0.3, 0.4) is 0 Å². The lowest BCUT2D eigenvalue weighted by Crippen LogP contribution is -2.47. The van der Waals surface area contributed by atoms with Crippen LogP contribution in [0.2, 0.25) is 0 Å². The van der Waals surface area contributed by atoms with Crippen LogP contribution in [-0.2, 0) is 14.8 Å². The molecule has 1 aliphatic carbocycles. The fourth-order valence-electron chi connectivity index (χ4n) is 2.13. The Labute approximate surface area is 103 Å². The van der Waals surface area contributed by atoms with E-state index in [1.165, 1.54) is 4.31 Å². The number of nitrogens with zero attached hydrogens (tertiary/aromatic N) is 1. The number of sulfonamides is 1. The molecule has 0 amide bonds. The van der Waals surface area contributed by atoms with E-state index in [9.17, 15) is 13.5 Å². The molecule has 0 aromatic heterocycles. The number of likely N-dealkylation sites (N-methyl/N-ethyl adjacent to an activating group) is 1. The first kappa shape index (κ1) is 13.3. The van der Waals surface area contributed by atoms with E-state index in [4.69, 9.17) is 4.74 Å². The molecule has 0 aromatic rings. The molecule has 0 atom stereocenters. The predicted octanol–water partition coefficient (Wildman–Crippen LogP) is 0.199. The molecule has 2 fully saturated rings. The summed E-state index contributed by atoms with van der Waals surface area (Å²) in [6.07, 6.45) is 3.06. The van der Waals surface area contributed by atoms with Gasteiger partial charge in [0.1, 0.15) is 0 Å². The second-order valence-electron chi connectivity index (χ2n) is 5.31. The average Bonchev–Trinajstić information content (AvgIpc) is 3.01. The van der Waals surface area contributed by atoms with E-state index < -0.39 is 15.6 Å². The van der Waals surface area contributed by atoms with Crippen molar-refractivity contribution in [2.75, 3.05) is 32.6 Å². The van der Waals surface area contributed by atoms with E-state index in [2.05, 4.69) is 0 Å². The van der Waals surface area contributed by atoms with Crippen molar-refractivity contribution in [3.8, 4) is 0 Å². The Hall–Kier alpha value is -0.170. The SMILES string of the molecule is CN(CC1(O)CCOCC1)S(=O)(=O)CC1CC1. The van der Waals surface area contributed by atoms with Crippen LogP contribution in [0.1, 0.15) is 25.7 Å². The van der Waals surface area contributed by atoms with Crippen LogP contribution in [0.4, 0.5) is 0 Å². The second kappa shape index (κ2) is 4.84. The molecule has 1 saturated carbocycles. The normalized spacial score (nSPS) is 25.1. The van der Waals surface area contributed by atoms with Gasteiger partial charge in [0, 0.05) is 39.6 Å². The minimum atomic E-state index is -3.20. The molecule has 5 nitrogen and oxygen atoms in total. The molecule has 1 heterocycles. The minimum absolute atomic E-state index is 0.186. The summed E-state index contributed by atoms with van der Waals surface area (Å²) in [5.41, 5.74) is -0.913. The molecule has 0 aromatic carbocycles. The molecule has 1 saturated heterocycles. The third-order valence-electron chi connectivity index (χ3n) is 3.56. The summed E-state index contributed by atoms with van der Waals surface area (Å²) >= 11 is 0. The molecule has 2 rings (SSSR count). The Morgan fingerprint density at radius 2 is 1.94 bits per heavy atom. The fraction of sp³-hybridized carbons (Fsp3) is 1.00. The predicted molar refractivity (Wildman–Crippen MR) is 64.1 cm³/mol. The molecule has 17 heavy (non-hydrogen) atoms. The number of hydrogen-bond acceptors (Lipinski definition) is 4. The lowest BCUT2D eigenvalue weighted by molar-refractivity contribution is -0.0689. The van der Waals surface area contributed by atoms with Gasteiger partial charge in [0.05, 0.1) is 11.4 Å². The molecular formula is C11H21NO4S. The molecule has 6 heteroatoms. The smallest absolute Gasteiger partial charge is 0.214 e. The van der Waals surface area contributed by atoms with E-state index in [1.807, 2.05) is 0 Å². The number of ether oxygens (including phenoxy) is 1. The van der Waals surface area contributed by atoms with Crippen molar-refractivity contribution in [2.24, 2.45) is 5.92 Å². The standard InChI is InChI=1S/C11H21NO4S/c1-12(17(14,15)8-10-2-3-10)9-11(13)4-6-16-7-5-11/h10,13H,2-9H2,1H3. The summed E-state index contributed by atoms with van der Waals surface area (Å²) in [5, 5.41) is 10.3. The van der Waals surface area contributed by atoms with Crippen molar-refractivity contribution >= 4 is 10.0 Å². The van der Waals surface area contributed by atoms with Gasteiger partial charge >= 0.3 is 0 Å². The Balaban J connectivity index is 1.92. The maximum Gasteiger partial charge on any atom is 0.214 e. The zero-order valence-corrected chi connectivity index (χ0v) is 11.1. The van der Waals surface area contributed by atoms with Crippen molar-refractivity contribution in [3.63, 3.8) is 0 Å². The first-order chi connectivity index (χ1) is 7.91. The zero-order valence-electron chi connectivity index (χ0n) is 10.3. The molecular weight excluding hydrogens is 242 g/mol. The minimum Gasteiger partial charge on any atom is -0.388 e. The first-order valence-corrected chi connectivity index (χ1v) is 7.76. The van der Waals surface area contributed by atoms with E-state index in [-0.39, 0.29) is 12.3 Å². The summed E-state index contributed by atoms with van der Waals surface area (Å²) in [7, 11) is -1.64. The third-order valence-corrected chi connectivity index (χ3v) is 5.53. The maximum absolute atomic E-state index is 12.0. The number of hydrogen-bond donors (Lipinski definition) is 1. The molecule has 1 N–H and O–H groups in total. The van der Waals surface area contributed by atoms with E-state index >= 15 is 0 Å². The van der Waals surface area contributed by atoms with Crippen molar-refractivity contribution < 1.29 is 18.3 Å². The van der Waals surface area contributed by atoms with Gasteiger partial charge in [0.2, 0.25) is 10.0 Å². The lowest BCUT2D eigenvalue weighted by Gasteiger charge is -2.35. The highest BCUT2D eigenvalue weighted by atomic mass is 32.2. The second-order valence-corrected chi connectivity index (χ2v) is 7.44. The summed E-state index contributed by atoms with van der Waals surface area (Å²) in [6.45, 7) is 1.20. The first-order valence-electron chi connectivity index (χ1n) is 6.15. The quantitative estimate of drug-likeness (QED) is 0.769. The van der Waals surface area contributed by atoms with Crippen LogP contribution in [0.15, 0.2) is 0 Å². The molecule has 2 aliphatic rings. The molecule has 0 bridgehead atoms. The topological polar surface area (TPSA) is 66.8 Å². The van der Waals surface area contributed by atoms with Gasteiger partial charge in [0.15, 0.2) is 0 Å². The number of rotatable bonds is 5. The van der Waals surface area contributed by atoms with Crippen molar-refractivity contribution in [1.29, 1.82) is 0 Å². The Kier molecular flexibility index (Phi) is 3.77.